The van der Waals surface area contributed by atoms with Gasteiger partial charge >= 0.3 is 0 Å². The summed E-state index contributed by atoms with van der Waals surface area (Å²) < 4.78 is 0. The number of rotatable bonds is 8. The van der Waals surface area contributed by atoms with Crippen LogP contribution in [0.3, 0.4) is 0 Å². The van der Waals surface area contributed by atoms with Crippen LogP contribution in [0.5, 0.6) is 0 Å². The van der Waals surface area contributed by atoms with Crippen molar-refractivity contribution in [3.8, 4) is 0 Å². The molecule has 1 heterocycles. The van der Waals surface area contributed by atoms with E-state index in [1.165, 1.54) is 44.3 Å². The van der Waals surface area contributed by atoms with E-state index in [2.05, 4.69) is 28.9 Å². The van der Waals surface area contributed by atoms with Gasteiger partial charge in [0.25, 0.3) is 0 Å². The summed E-state index contributed by atoms with van der Waals surface area (Å²) in [6, 6.07) is 4.87. The predicted molar refractivity (Wildman–Crippen MR) is 82.3 cm³/mol. The maximum atomic E-state index is 6.48. The molecule has 0 radical (unpaired) electrons. The minimum atomic E-state index is 0.218. The van der Waals surface area contributed by atoms with Crippen LogP contribution in [-0.4, -0.2) is 29.0 Å². The van der Waals surface area contributed by atoms with E-state index in [9.17, 15) is 0 Å². The fourth-order valence-corrected chi connectivity index (χ4v) is 3.08. The van der Waals surface area contributed by atoms with Crippen molar-refractivity contribution in [2.75, 3.05) is 13.1 Å². The molecular weight excluding hydrogens is 246 g/mol. The molecule has 2 fully saturated rings. The predicted octanol–water partition coefficient (Wildman–Crippen LogP) is 2.98. The second kappa shape index (κ2) is 6.23. The smallest absolute Gasteiger partial charge is 0.0500 e. The highest BCUT2D eigenvalue weighted by Crippen LogP contribution is 2.38. The Labute approximate surface area is 122 Å². The van der Waals surface area contributed by atoms with Gasteiger partial charge in [-0.05, 0) is 61.6 Å². The molecule has 2 aliphatic carbocycles. The van der Waals surface area contributed by atoms with Crippen LogP contribution in [0.1, 0.15) is 50.6 Å². The van der Waals surface area contributed by atoms with Crippen molar-refractivity contribution in [1.29, 1.82) is 0 Å². The van der Waals surface area contributed by atoms with E-state index in [1.54, 1.807) is 0 Å². The zero-order valence-corrected chi connectivity index (χ0v) is 12.5. The zero-order valence-electron chi connectivity index (χ0n) is 12.5. The standard InChI is InChI=1S/C17H27N3/c1-2-16(18)17(15-7-9-19-10-8-15)20(11-13-3-4-13)12-14-5-6-14/h7-10,13-14,16-17H,2-6,11-12,18H2,1H3. The summed E-state index contributed by atoms with van der Waals surface area (Å²) in [5, 5.41) is 0. The molecule has 20 heavy (non-hydrogen) atoms. The Balaban J connectivity index is 1.79. The van der Waals surface area contributed by atoms with Gasteiger partial charge in [-0.15, -0.1) is 0 Å². The van der Waals surface area contributed by atoms with Crippen LogP contribution in [0.25, 0.3) is 0 Å². The van der Waals surface area contributed by atoms with Crippen LogP contribution in [0.2, 0.25) is 0 Å². The lowest BCUT2D eigenvalue weighted by atomic mass is 9.96. The molecule has 2 N–H and O–H groups in total. The highest BCUT2D eigenvalue weighted by Gasteiger charge is 2.34. The van der Waals surface area contributed by atoms with E-state index in [4.69, 9.17) is 5.73 Å². The summed E-state index contributed by atoms with van der Waals surface area (Å²) in [6.07, 6.45) is 10.5. The third kappa shape index (κ3) is 3.58. The molecule has 3 rings (SSSR count). The molecule has 2 unspecified atom stereocenters. The van der Waals surface area contributed by atoms with Crippen molar-refractivity contribution in [1.82, 2.24) is 9.88 Å². The van der Waals surface area contributed by atoms with Gasteiger partial charge in [-0.3, -0.25) is 9.88 Å². The quantitative estimate of drug-likeness (QED) is 0.792. The summed E-state index contributed by atoms with van der Waals surface area (Å²) in [7, 11) is 0. The van der Waals surface area contributed by atoms with Gasteiger partial charge < -0.3 is 5.73 Å². The molecule has 1 aromatic heterocycles. The number of hydrogen-bond acceptors (Lipinski definition) is 3. The van der Waals surface area contributed by atoms with Gasteiger partial charge in [-0.25, -0.2) is 0 Å². The van der Waals surface area contributed by atoms with Crippen molar-refractivity contribution < 1.29 is 0 Å². The van der Waals surface area contributed by atoms with Gasteiger partial charge in [-0.2, -0.15) is 0 Å². The molecule has 0 amide bonds. The topological polar surface area (TPSA) is 42.1 Å². The molecular formula is C17H27N3. The molecule has 0 spiro atoms. The monoisotopic (exact) mass is 273 g/mol. The Morgan fingerprint density at radius 3 is 2.15 bits per heavy atom. The van der Waals surface area contributed by atoms with Crippen LogP contribution in [0.4, 0.5) is 0 Å². The number of aromatic nitrogens is 1. The van der Waals surface area contributed by atoms with Gasteiger partial charge in [0.15, 0.2) is 0 Å². The average Bonchev–Trinajstić information content (AvgIpc) is 3.36. The first-order valence-electron chi connectivity index (χ1n) is 8.17. The summed E-state index contributed by atoms with van der Waals surface area (Å²) in [6.45, 7) is 4.67. The van der Waals surface area contributed by atoms with Gasteiger partial charge in [0, 0.05) is 37.6 Å². The highest BCUT2D eigenvalue weighted by molar-refractivity contribution is 5.18. The third-order valence-corrected chi connectivity index (χ3v) is 4.70. The van der Waals surface area contributed by atoms with Gasteiger partial charge in [-0.1, -0.05) is 6.92 Å². The highest BCUT2D eigenvalue weighted by atomic mass is 15.2. The lowest BCUT2D eigenvalue weighted by molar-refractivity contribution is 0.155. The molecule has 3 heteroatoms. The second-order valence-corrected chi connectivity index (χ2v) is 6.64. The molecule has 1 aromatic rings. The lowest BCUT2D eigenvalue weighted by Gasteiger charge is -2.36. The van der Waals surface area contributed by atoms with E-state index < -0.39 is 0 Å². The largest absolute Gasteiger partial charge is 0.326 e. The third-order valence-electron chi connectivity index (χ3n) is 4.70. The number of hydrogen-bond donors (Lipinski definition) is 1. The van der Waals surface area contributed by atoms with E-state index >= 15 is 0 Å². The van der Waals surface area contributed by atoms with Crippen molar-refractivity contribution in [3.63, 3.8) is 0 Å². The number of nitrogens with two attached hydrogens (primary N) is 1. The normalized spacial score (nSPS) is 21.9. The maximum absolute atomic E-state index is 6.48. The van der Waals surface area contributed by atoms with Crippen molar-refractivity contribution in [2.24, 2.45) is 17.6 Å². The molecule has 0 aromatic carbocycles. The molecule has 2 atom stereocenters. The second-order valence-electron chi connectivity index (χ2n) is 6.64. The molecule has 110 valence electrons. The van der Waals surface area contributed by atoms with Crippen LogP contribution in [0, 0.1) is 11.8 Å². The molecule has 0 saturated heterocycles. The van der Waals surface area contributed by atoms with E-state index in [1.807, 2.05) is 12.4 Å². The molecule has 2 saturated carbocycles. The first-order chi connectivity index (χ1) is 9.78. The van der Waals surface area contributed by atoms with Crippen LogP contribution >= 0.6 is 0 Å². The fourth-order valence-electron chi connectivity index (χ4n) is 3.08. The zero-order chi connectivity index (χ0) is 13.9. The van der Waals surface area contributed by atoms with Gasteiger partial charge in [0.05, 0.1) is 0 Å². The number of pyridine rings is 1. The summed E-state index contributed by atoms with van der Waals surface area (Å²) in [4.78, 5) is 6.84. The first kappa shape index (κ1) is 14.0. The van der Waals surface area contributed by atoms with Crippen LogP contribution < -0.4 is 5.73 Å². The summed E-state index contributed by atoms with van der Waals surface area (Å²) in [5.41, 5.74) is 7.82. The van der Waals surface area contributed by atoms with Gasteiger partial charge in [0.1, 0.15) is 0 Å². The Morgan fingerprint density at radius 1 is 1.15 bits per heavy atom. The average molecular weight is 273 g/mol. The van der Waals surface area contributed by atoms with Gasteiger partial charge in [0.2, 0.25) is 0 Å². The fraction of sp³-hybridized carbons (Fsp3) is 0.706. The Hall–Kier alpha value is -0.930. The van der Waals surface area contributed by atoms with E-state index in [0.717, 1.165) is 18.3 Å². The molecule has 0 aliphatic heterocycles. The first-order valence-corrected chi connectivity index (χ1v) is 8.17. The van der Waals surface area contributed by atoms with Crippen molar-refractivity contribution in [2.45, 2.75) is 51.1 Å². The Kier molecular flexibility index (Phi) is 4.37. The molecule has 3 nitrogen and oxygen atoms in total. The maximum Gasteiger partial charge on any atom is 0.0500 e. The minimum Gasteiger partial charge on any atom is -0.326 e. The Morgan fingerprint density at radius 2 is 1.70 bits per heavy atom. The molecule has 0 bridgehead atoms. The summed E-state index contributed by atoms with van der Waals surface area (Å²) in [5.74, 6) is 1.84. The lowest BCUT2D eigenvalue weighted by Crippen LogP contribution is -2.42. The van der Waals surface area contributed by atoms with E-state index in [-0.39, 0.29) is 6.04 Å². The van der Waals surface area contributed by atoms with Crippen LogP contribution in [-0.2, 0) is 0 Å². The summed E-state index contributed by atoms with van der Waals surface area (Å²) >= 11 is 0. The minimum absolute atomic E-state index is 0.218. The number of nitrogens with zero attached hydrogens (tertiary/aromatic N) is 2. The SMILES string of the molecule is CCC(N)C(c1ccncc1)N(CC1CC1)CC1CC1. The van der Waals surface area contributed by atoms with Crippen molar-refractivity contribution in [3.05, 3.63) is 30.1 Å². The van der Waals surface area contributed by atoms with E-state index in [0.29, 0.717) is 6.04 Å². The Bertz CT molecular complexity index is 398. The van der Waals surface area contributed by atoms with Crippen LogP contribution in [0.15, 0.2) is 24.5 Å². The van der Waals surface area contributed by atoms with Crippen molar-refractivity contribution >= 4 is 0 Å². The molecule has 2 aliphatic rings.